The molecule has 146 valence electrons. The molecular weight excluding hydrogens is 368 g/mol. The van der Waals surface area contributed by atoms with Gasteiger partial charge in [0.15, 0.2) is 0 Å². The predicted molar refractivity (Wildman–Crippen MR) is 110 cm³/mol. The number of carbonyl (C=O) groups is 2. The maximum Gasteiger partial charge on any atom is 0.356 e. The van der Waals surface area contributed by atoms with Crippen LogP contribution in [0.4, 0.5) is 0 Å². The zero-order valence-electron chi connectivity index (χ0n) is 16.4. The van der Waals surface area contributed by atoms with Gasteiger partial charge in [-0.1, -0.05) is 48.5 Å². The largest absolute Gasteiger partial charge is 0.465 e. The Morgan fingerprint density at radius 2 is 1.45 bits per heavy atom. The van der Waals surface area contributed by atoms with Crippen LogP contribution in [0.5, 0.6) is 0 Å². The van der Waals surface area contributed by atoms with E-state index in [9.17, 15) is 9.59 Å². The monoisotopic (exact) mass is 388 g/mol. The van der Waals surface area contributed by atoms with E-state index < -0.39 is 11.9 Å². The lowest BCUT2D eigenvalue weighted by molar-refractivity contribution is 0.0585. The number of para-hydroxylation sites is 1. The third-order valence-corrected chi connectivity index (χ3v) is 4.97. The van der Waals surface area contributed by atoms with E-state index in [0.717, 1.165) is 22.2 Å². The van der Waals surface area contributed by atoms with Crippen LogP contribution in [0.25, 0.3) is 22.2 Å². The highest BCUT2D eigenvalue weighted by molar-refractivity contribution is 5.96. The minimum Gasteiger partial charge on any atom is -0.465 e. The molecule has 2 aromatic heterocycles. The highest BCUT2D eigenvalue weighted by atomic mass is 16.5. The molecule has 0 radical (unpaired) electrons. The number of rotatable bonds is 4. The van der Waals surface area contributed by atoms with Crippen LogP contribution in [0.3, 0.4) is 0 Å². The average molecular weight is 388 g/mol. The van der Waals surface area contributed by atoms with E-state index in [1.54, 1.807) is 16.8 Å². The zero-order valence-corrected chi connectivity index (χ0v) is 16.4. The Labute approximate surface area is 167 Å². The summed E-state index contributed by atoms with van der Waals surface area (Å²) >= 11 is 0. The van der Waals surface area contributed by atoms with Gasteiger partial charge in [0.05, 0.1) is 36.7 Å². The van der Waals surface area contributed by atoms with Crippen molar-refractivity contribution in [3.63, 3.8) is 0 Å². The molecule has 2 heterocycles. The molecular formula is C23H20N2O4. The summed E-state index contributed by atoms with van der Waals surface area (Å²) in [5.41, 5.74) is 3.93. The minimum atomic E-state index is -0.465. The summed E-state index contributed by atoms with van der Waals surface area (Å²) in [7, 11) is 2.71. The second-order valence-electron chi connectivity index (χ2n) is 6.59. The van der Waals surface area contributed by atoms with Crippen molar-refractivity contribution in [3.8, 4) is 11.3 Å². The molecule has 4 rings (SSSR count). The predicted octanol–water partition coefficient (Wildman–Crippen LogP) is 4.30. The smallest absolute Gasteiger partial charge is 0.356 e. The van der Waals surface area contributed by atoms with E-state index in [2.05, 4.69) is 0 Å². The molecule has 6 heteroatoms. The Bertz CT molecular complexity index is 1220. The number of nitrogens with zero attached hydrogens (tertiary/aromatic N) is 2. The summed E-state index contributed by atoms with van der Waals surface area (Å²) in [6, 6.07) is 20.9. The Morgan fingerprint density at radius 1 is 0.793 bits per heavy atom. The highest BCUT2D eigenvalue weighted by Crippen LogP contribution is 2.30. The Hall–Kier alpha value is -3.80. The first-order valence-corrected chi connectivity index (χ1v) is 9.12. The summed E-state index contributed by atoms with van der Waals surface area (Å²) in [6.45, 7) is 1.83. The molecule has 0 N–H and O–H groups in total. The van der Waals surface area contributed by atoms with Crippen molar-refractivity contribution in [1.82, 2.24) is 9.35 Å². The Kier molecular flexibility index (Phi) is 4.68. The van der Waals surface area contributed by atoms with Gasteiger partial charge in [-0.3, -0.25) is 4.68 Å². The molecule has 0 fully saturated rings. The van der Waals surface area contributed by atoms with Crippen LogP contribution in [-0.2, 0) is 9.47 Å². The first-order chi connectivity index (χ1) is 14.1. The minimum absolute atomic E-state index is 0.362. The number of esters is 2. The van der Waals surface area contributed by atoms with Gasteiger partial charge in [0.25, 0.3) is 0 Å². The fraction of sp³-hybridized carbons (Fsp3) is 0.130. The van der Waals surface area contributed by atoms with Gasteiger partial charge in [0.1, 0.15) is 5.69 Å². The lowest BCUT2D eigenvalue weighted by Gasteiger charge is -2.17. The fourth-order valence-corrected chi connectivity index (χ4v) is 3.59. The van der Waals surface area contributed by atoms with Crippen molar-refractivity contribution in [2.45, 2.75) is 6.92 Å². The Balaban J connectivity index is 2.12. The van der Waals surface area contributed by atoms with Crippen molar-refractivity contribution < 1.29 is 19.1 Å². The highest BCUT2D eigenvalue weighted by Gasteiger charge is 2.25. The average Bonchev–Trinajstić information content (AvgIpc) is 3.30. The number of hydrogen-bond donors (Lipinski definition) is 0. The van der Waals surface area contributed by atoms with Crippen LogP contribution in [0.1, 0.15) is 26.5 Å². The van der Waals surface area contributed by atoms with E-state index in [4.69, 9.17) is 9.47 Å². The number of methoxy groups -OCH3 is 2. The number of fused-ring (bicyclic) bond motifs is 1. The molecule has 0 saturated heterocycles. The number of carbonyl (C=O) groups excluding carboxylic acids is 2. The molecule has 29 heavy (non-hydrogen) atoms. The van der Waals surface area contributed by atoms with Crippen molar-refractivity contribution in [1.29, 1.82) is 0 Å². The van der Waals surface area contributed by atoms with Gasteiger partial charge in [0.2, 0.25) is 0 Å². The van der Waals surface area contributed by atoms with Gasteiger partial charge in [-0.25, -0.2) is 14.3 Å². The van der Waals surface area contributed by atoms with Gasteiger partial charge in [-0.2, -0.15) is 0 Å². The van der Waals surface area contributed by atoms with Gasteiger partial charge < -0.3 is 9.47 Å². The van der Waals surface area contributed by atoms with E-state index >= 15 is 0 Å². The SMILES string of the molecule is COC(=O)c1cc(-c2ccccc2)n(-n2c(C(=O)OC)cc3ccccc32)c1C. The number of benzene rings is 2. The molecule has 0 spiro atoms. The maximum atomic E-state index is 12.6. The van der Waals surface area contributed by atoms with Gasteiger partial charge in [0, 0.05) is 10.9 Å². The van der Waals surface area contributed by atoms with Gasteiger partial charge in [-0.15, -0.1) is 0 Å². The molecule has 0 bridgehead atoms. The molecule has 0 atom stereocenters. The van der Waals surface area contributed by atoms with Crippen LogP contribution >= 0.6 is 0 Å². The van der Waals surface area contributed by atoms with Crippen LogP contribution < -0.4 is 0 Å². The molecule has 4 aromatic rings. The zero-order chi connectivity index (χ0) is 20.5. The summed E-state index contributed by atoms with van der Waals surface area (Å²) < 4.78 is 13.6. The number of aromatic nitrogens is 2. The quantitative estimate of drug-likeness (QED) is 0.489. The molecule has 0 unspecified atom stereocenters. The summed E-state index contributed by atoms with van der Waals surface area (Å²) in [5.74, 6) is -0.901. The molecule has 0 saturated carbocycles. The van der Waals surface area contributed by atoms with Crippen molar-refractivity contribution >= 4 is 22.8 Å². The van der Waals surface area contributed by atoms with Gasteiger partial charge >= 0.3 is 11.9 Å². The number of hydrogen-bond acceptors (Lipinski definition) is 4. The summed E-state index contributed by atoms with van der Waals surface area (Å²) in [5, 5.41) is 0.889. The molecule has 0 aliphatic carbocycles. The van der Waals surface area contributed by atoms with Gasteiger partial charge in [-0.05, 0) is 25.1 Å². The second kappa shape index (κ2) is 7.31. The van der Waals surface area contributed by atoms with Crippen LogP contribution in [0, 0.1) is 6.92 Å². The molecule has 0 amide bonds. The first-order valence-electron chi connectivity index (χ1n) is 9.12. The normalized spacial score (nSPS) is 10.9. The van der Waals surface area contributed by atoms with Crippen molar-refractivity contribution in [2.24, 2.45) is 0 Å². The molecule has 0 aliphatic rings. The van der Waals surface area contributed by atoms with E-state index in [1.165, 1.54) is 14.2 Å². The lowest BCUT2D eigenvalue weighted by Crippen LogP contribution is -2.19. The lowest BCUT2D eigenvalue weighted by atomic mass is 10.1. The van der Waals surface area contributed by atoms with E-state index in [1.807, 2.05) is 66.2 Å². The van der Waals surface area contributed by atoms with Crippen LogP contribution in [-0.4, -0.2) is 35.5 Å². The summed E-state index contributed by atoms with van der Waals surface area (Å²) in [4.78, 5) is 25.0. The maximum absolute atomic E-state index is 12.6. The molecule has 6 nitrogen and oxygen atoms in total. The Morgan fingerprint density at radius 3 is 2.14 bits per heavy atom. The van der Waals surface area contributed by atoms with Crippen molar-refractivity contribution in [2.75, 3.05) is 14.2 Å². The van der Waals surface area contributed by atoms with Crippen LogP contribution in [0.15, 0.2) is 66.7 Å². The van der Waals surface area contributed by atoms with E-state index in [-0.39, 0.29) is 0 Å². The van der Waals surface area contributed by atoms with Crippen LogP contribution in [0.2, 0.25) is 0 Å². The van der Waals surface area contributed by atoms with Crippen molar-refractivity contribution in [3.05, 3.63) is 83.7 Å². The topological polar surface area (TPSA) is 62.5 Å². The molecule has 0 aliphatic heterocycles. The molecule has 2 aromatic carbocycles. The fourth-order valence-electron chi connectivity index (χ4n) is 3.59. The second-order valence-corrected chi connectivity index (χ2v) is 6.59. The third kappa shape index (κ3) is 2.99. The standard InChI is InChI=1S/C23H20N2O4/c1-15-18(22(26)28-2)14-20(16-9-5-4-6-10-16)24(15)25-19-12-8-7-11-17(19)13-21(25)23(27)29-3/h4-14H,1-3H3. The van der Waals surface area contributed by atoms with E-state index in [0.29, 0.717) is 17.0 Å². The third-order valence-electron chi connectivity index (χ3n) is 4.97. The number of ether oxygens (including phenoxy) is 2. The summed E-state index contributed by atoms with van der Waals surface area (Å²) in [6.07, 6.45) is 0. The first kappa shape index (κ1) is 18.6.